The lowest BCUT2D eigenvalue weighted by Gasteiger charge is -2.12. The molecular weight excluding hydrogens is 209 g/mol. The minimum Gasteiger partial charge on any atom is -0.369 e. The van der Waals surface area contributed by atoms with E-state index in [2.05, 4.69) is 22.2 Å². The van der Waals surface area contributed by atoms with E-state index >= 15 is 0 Å². The molecule has 0 aliphatic rings. The largest absolute Gasteiger partial charge is 0.421 e. The van der Waals surface area contributed by atoms with Crippen molar-refractivity contribution in [1.29, 1.82) is 0 Å². The second-order valence-electron chi connectivity index (χ2n) is 2.77. The van der Waals surface area contributed by atoms with Gasteiger partial charge in [-0.05, 0) is 6.42 Å². The summed E-state index contributed by atoms with van der Waals surface area (Å²) in [6.07, 6.45) is -3.38. The van der Waals surface area contributed by atoms with Crippen molar-refractivity contribution in [3.63, 3.8) is 0 Å². The first-order valence-corrected chi connectivity index (χ1v) is 4.18. The van der Waals surface area contributed by atoms with Crippen LogP contribution in [0.2, 0.25) is 0 Å². The molecule has 15 heavy (non-hydrogen) atoms. The number of nitrogens with two attached hydrogens (primary N) is 1. The smallest absolute Gasteiger partial charge is 0.369 e. The van der Waals surface area contributed by atoms with Gasteiger partial charge in [-0.15, -0.1) is 0 Å². The quantitative estimate of drug-likeness (QED) is 0.812. The summed E-state index contributed by atoms with van der Waals surface area (Å²) in [5.74, 6) is -0.506. The summed E-state index contributed by atoms with van der Waals surface area (Å²) < 4.78 is 37.3. The maximum absolute atomic E-state index is 12.4. The fraction of sp³-hybridized carbons (Fsp3) is 0.375. The Kier molecular flexibility index (Phi) is 3.33. The first kappa shape index (κ1) is 11.5. The molecule has 83 valence electrons. The van der Waals surface area contributed by atoms with Gasteiger partial charge in [-0.3, -0.25) is 0 Å². The highest BCUT2D eigenvalue weighted by molar-refractivity contribution is 5.47. The molecule has 1 aromatic heterocycles. The van der Waals surface area contributed by atoms with E-state index in [0.29, 0.717) is 19.2 Å². The molecule has 0 fully saturated rings. The lowest BCUT2D eigenvalue weighted by molar-refractivity contribution is -0.137. The fourth-order valence-electron chi connectivity index (χ4n) is 0.944. The summed E-state index contributed by atoms with van der Waals surface area (Å²) >= 11 is 0. The predicted molar refractivity (Wildman–Crippen MR) is 49.9 cm³/mol. The van der Waals surface area contributed by atoms with Gasteiger partial charge in [0.15, 0.2) is 0 Å². The molecule has 1 aromatic rings. The normalized spacial score (nSPS) is 11.5. The molecule has 0 spiro atoms. The van der Waals surface area contributed by atoms with E-state index in [1.807, 2.05) is 0 Å². The summed E-state index contributed by atoms with van der Waals surface area (Å²) in [5.41, 5.74) is 4.27. The maximum atomic E-state index is 12.4. The van der Waals surface area contributed by atoms with Crippen molar-refractivity contribution in [2.24, 2.45) is 0 Å². The van der Waals surface area contributed by atoms with Crippen LogP contribution in [0.1, 0.15) is 12.0 Å². The Morgan fingerprint density at radius 1 is 1.47 bits per heavy atom. The second kappa shape index (κ2) is 4.33. The van der Waals surface area contributed by atoms with Gasteiger partial charge in [-0.25, -0.2) is 4.98 Å². The Morgan fingerprint density at radius 3 is 2.67 bits per heavy atom. The Morgan fingerprint density at radius 2 is 2.13 bits per heavy atom. The Balaban J connectivity index is 3.03. The topological polar surface area (TPSA) is 63.8 Å². The van der Waals surface area contributed by atoms with Crippen LogP contribution in [0.15, 0.2) is 6.20 Å². The predicted octanol–water partition coefficient (Wildman–Crippen LogP) is 1.71. The van der Waals surface area contributed by atoms with Crippen molar-refractivity contribution in [2.75, 3.05) is 17.6 Å². The number of anilines is 2. The van der Waals surface area contributed by atoms with Gasteiger partial charge in [-0.2, -0.15) is 18.2 Å². The van der Waals surface area contributed by atoms with Crippen LogP contribution in [0.5, 0.6) is 0 Å². The molecule has 0 saturated heterocycles. The minimum absolute atomic E-state index is 0.199. The van der Waals surface area contributed by atoms with Crippen LogP contribution in [-0.2, 0) is 6.18 Å². The van der Waals surface area contributed by atoms with Gasteiger partial charge in [0.05, 0.1) is 0 Å². The number of nitrogens with zero attached hydrogens (tertiary/aromatic N) is 2. The number of hydrogen-bond acceptors (Lipinski definition) is 4. The molecule has 0 amide bonds. The van der Waals surface area contributed by atoms with Gasteiger partial charge in [0.2, 0.25) is 5.95 Å². The highest BCUT2D eigenvalue weighted by atomic mass is 19.4. The van der Waals surface area contributed by atoms with Crippen LogP contribution < -0.4 is 11.1 Å². The zero-order chi connectivity index (χ0) is 11.5. The zero-order valence-electron chi connectivity index (χ0n) is 7.80. The maximum Gasteiger partial charge on any atom is 0.421 e. The summed E-state index contributed by atoms with van der Waals surface area (Å²) in [7, 11) is 0. The van der Waals surface area contributed by atoms with E-state index in [0.717, 1.165) is 0 Å². The fourth-order valence-corrected chi connectivity index (χ4v) is 0.944. The molecule has 3 N–H and O–H groups in total. The lowest BCUT2D eigenvalue weighted by atomic mass is 10.3. The molecule has 1 heterocycles. The first-order valence-electron chi connectivity index (χ1n) is 4.18. The number of nitrogens with one attached hydrogen (secondary N) is 1. The molecule has 0 unspecified atom stereocenters. The number of nitrogen functional groups attached to an aromatic ring is 1. The van der Waals surface area contributed by atoms with Gasteiger partial charge in [0.25, 0.3) is 0 Å². The van der Waals surface area contributed by atoms with E-state index in [1.54, 1.807) is 0 Å². The van der Waals surface area contributed by atoms with Gasteiger partial charge >= 0.3 is 6.18 Å². The van der Waals surface area contributed by atoms with Crippen molar-refractivity contribution in [1.82, 2.24) is 9.97 Å². The standard InChI is InChI=1S/C8H10F3N4/c1-2-3-13-6-5(8(9,10)11)4-14-7(12)15-6/h4H,1-3H2,(H3,12,13,14,15). The molecule has 1 rings (SSSR count). The molecular formula is C8H10F3N4. The van der Waals surface area contributed by atoms with Gasteiger partial charge in [0.1, 0.15) is 11.4 Å². The summed E-state index contributed by atoms with van der Waals surface area (Å²) in [6, 6.07) is 0. The van der Waals surface area contributed by atoms with Crippen LogP contribution in [0.25, 0.3) is 0 Å². The second-order valence-corrected chi connectivity index (χ2v) is 2.77. The highest BCUT2D eigenvalue weighted by Crippen LogP contribution is 2.33. The molecule has 0 aliphatic carbocycles. The van der Waals surface area contributed by atoms with E-state index in [4.69, 9.17) is 5.73 Å². The van der Waals surface area contributed by atoms with E-state index in [1.165, 1.54) is 0 Å². The van der Waals surface area contributed by atoms with Crippen LogP contribution >= 0.6 is 0 Å². The first-order chi connectivity index (χ1) is 6.95. The third kappa shape index (κ3) is 2.97. The molecule has 0 saturated carbocycles. The van der Waals surface area contributed by atoms with Crippen LogP contribution in [0.4, 0.5) is 24.9 Å². The van der Waals surface area contributed by atoms with Crippen molar-refractivity contribution in [2.45, 2.75) is 12.6 Å². The molecule has 0 bridgehead atoms. The lowest BCUT2D eigenvalue weighted by Crippen LogP contribution is -2.14. The molecule has 4 nitrogen and oxygen atoms in total. The molecule has 1 radical (unpaired) electrons. The average Bonchev–Trinajstić information content (AvgIpc) is 2.12. The third-order valence-corrected chi connectivity index (χ3v) is 1.58. The summed E-state index contributed by atoms with van der Waals surface area (Å²) in [6.45, 7) is 3.79. The third-order valence-electron chi connectivity index (χ3n) is 1.58. The van der Waals surface area contributed by atoms with E-state index < -0.39 is 11.7 Å². The van der Waals surface area contributed by atoms with Crippen molar-refractivity contribution < 1.29 is 13.2 Å². The average molecular weight is 219 g/mol. The zero-order valence-corrected chi connectivity index (χ0v) is 7.80. The number of rotatable bonds is 3. The van der Waals surface area contributed by atoms with E-state index in [9.17, 15) is 13.2 Å². The summed E-state index contributed by atoms with van der Waals surface area (Å²) in [5, 5.41) is 2.50. The van der Waals surface area contributed by atoms with Crippen LogP contribution in [0, 0.1) is 6.92 Å². The minimum atomic E-state index is -4.49. The van der Waals surface area contributed by atoms with Crippen molar-refractivity contribution in [3.05, 3.63) is 18.7 Å². The Hall–Kier alpha value is -1.53. The molecule has 7 heteroatoms. The SMILES string of the molecule is [CH2]CCNc1nc(N)ncc1C(F)(F)F. The van der Waals surface area contributed by atoms with Gasteiger partial charge < -0.3 is 11.1 Å². The number of aromatic nitrogens is 2. The van der Waals surface area contributed by atoms with Crippen LogP contribution in [-0.4, -0.2) is 16.5 Å². The molecule has 0 atom stereocenters. The summed E-state index contributed by atoms with van der Waals surface area (Å²) in [4.78, 5) is 6.79. The number of hydrogen-bond donors (Lipinski definition) is 2. The van der Waals surface area contributed by atoms with Gasteiger partial charge in [-0.1, -0.05) is 6.92 Å². The monoisotopic (exact) mass is 219 g/mol. The Labute approximate surface area is 84.7 Å². The highest BCUT2D eigenvalue weighted by Gasteiger charge is 2.35. The van der Waals surface area contributed by atoms with E-state index in [-0.39, 0.29) is 11.8 Å². The van der Waals surface area contributed by atoms with Gasteiger partial charge in [0, 0.05) is 12.7 Å². The molecule has 0 aromatic carbocycles. The number of halogens is 3. The number of alkyl halides is 3. The molecule has 0 aliphatic heterocycles. The Bertz CT molecular complexity index is 337. The van der Waals surface area contributed by atoms with Crippen molar-refractivity contribution in [3.8, 4) is 0 Å². The van der Waals surface area contributed by atoms with Crippen molar-refractivity contribution >= 4 is 11.8 Å². The van der Waals surface area contributed by atoms with Crippen LogP contribution in [0.3, 0.4) is 0 Å².